The zero-order valence-corrected chi connectivity index (χ0v) is 23.4. The summed E-state index contributed by atoms with van der Waals surface area (Å²) >= 11 is 4.60. The number of thioether (sulfide) groups is 1. The van der Waals surface area contributed by atoms with Crippen LogP contribution in [0.4, 0.5) is 20.2 Å². The minimum absolute atomic E-state index is 0.0770. The van der Waals surface area contributed by atoms with Crippen molar-refractivity contribution in [2.75, 3.05) is 22.5 Å². The van der Waals surface area contributed by atoms with Gasteiger partial charge < -0.3 is 20.3 Å². The number of carbonyl (C=O) groups excluding carboxylic acids is 3. The summed E-state index contributed by atoms with van der Waals surface area (Å²) in [4.78, 5) is 41.2. The third-order valence-electron chi connectivity index (χ3n) is 6.06. The molecular formula is C28H26BrF2N3O4S. The number of hydrogen-bond donors (Lipinski definition) is 2. The van der Waals surface area contributed by atoms with Crippen LogP contribution in [0, 0.1) is 6.92 Å². The predicted molar refractivity (Wildman–Crippen MR) is 151 cm³/mol. The first-order chi connectivity index (χ1) is 18.7. The van der Waals surface area contributed by atoms with Gasteiger partial charge in [-0.3, -0.25) is 14.4 Å². The number of piperidine rings is 1. The van der Waals surface area contributed by atoms with E-state index in [4.69, 9.17) is 0 Å². The summed E-state index contributed by atoms with van der Waals surface area (Å²) in [7, 11) is 0. The molecule has 3 aromatic carbocycles. The van der Waals surface area contributed by atoms with E-state index in [9.17, 15) is 23.2 Å². The molecule has 39 heavy (non-hydrogen) atoms. The van der Waals surface area contributed by atoms with Gasteiger partial charge in [0.1, 0.15) is 11.8 Å². The monoisotopic (exact) mass is 617 g/mol. The SMILES string of the molecule is Cc1cc(N2CCCC(NC(=O)c3ccccc3SCC(=O)Nc3ccccc3OC(F)F)C2=O)ccc1Br. The van der Waals surface area contributed by atoms with E-state index >= 15 is 0 Å². The molecule has 7 nitrogen and oxygen atoms in total. The maximum Gasteiger partial charge on any atom is 0.387 e. The summed E-state index contributed by atoms with van der Waals surface area (Å²) < 4.78 is 30.7. The normalized spacial score (nSPS) is 15.3. The van der Waals surface area contributed by atoms with Crippen LogP contribution in [0.25, 0.3) is 0 Å². The van der Waals surface area contributed by atoms with Crippen LogP contribution in [-0.2, 0) is 9.59 Å². The molecule has 1 heterocycles. The smallest absolute Gasteiger partial charge is 0.387 e. The molecule has 1 aliphatic heterocycles. The number of hydrogen-bond acceptors (Lipinski definition) is 5. The van der Waals surface area contributed by atoms with E-state index in [-0.39, 0.29) is 23.1 Å². The molecule has 1 atom stereocenters. The van der Waals surface area contributed by atoms with Gasteiger partial charge in [-0.25, -0.2) is 0 Å². The molecule has 3 amide bonds. The van der Waals surface area contributed by atoms with Crippen LogP contribution in [0.1, 0.15) is 28.8 Å². The molecule has 1 saturated heterocycles. The highest BCUT2D eigenvalue weighted by molar-refractivity contribution is 9.10. The molecule has 1 aliphatic rings. The number of nitrogens with one attached hydrogen (secondary N) is 2. The summed E-state index contributed by atoms with van der Waals surface area (Å²) in [5.74, 6) is -1.27. The van der Waals surface area contributed by atoms with E-state index in [2.05, 4.69) is 31.3 Å². The Kier molecular flexibility index (Phi) is 9.58. The largest absolute Gasteiger partial charge is 0.433 e. The zero-order chi connectivity index (χ0) is 27.9. The van der Waals surface area contributed by atoms with Gasteiger partial charge in [0.2, 0.25) is 11.8 Å². The second-order valence-corrected chi connectivity index (χ2v) is 10.7. The topological polar surface area (TPSA) is 87.7 Å². The molecule has 204 valence electrons. The van der Waals surface area contributed by atoms with Crippen molar-refractivity contribution in [2.24, 2.45) is 0 Å². The lowest BCUT2D eigenvalue weighted by Crippen LogP contribution is -2.52. The fourth-order valence-electron chi connectivity index (χ4n) is 4.18. The Bertz CT molecular complexity index is 1370. The van der Waals surface area contributed by atoms with E-state index in [0.29, 0.717) is 23.4 Å². The van der Waals surface area contributed by atoms with Gasteiger partial charge in [-0.05, 0) is 67.8 Å². The Balaban J connectivity index is 1.40. The molecule has 0 aliphatic carbocycles. The second-order valence-electron chi connectivity index (χ2n) is 8.80. The van der Waals surface area contributed by atoms with Crippen molar-refractivity contribution in [2.45, 2.75) is 37.3 Å². The van der Waals surface area contributed by atoms with Crippen molar-refractivity contribution in [3.05, 3.63) is 82.3 Å². The van der Waals surface area contributed by atoms with E-state index in [1.165, 1.54) is 18.2 Å². The summed E-state index contributed by atoms with van der Waals surface area (Å²) in [5.41, 5.74) is 2.24. The van der Waals surface area contributed by atoms with Gasteiger partial charge in [0.05, 0.1) is 17.0 Å². The molecular weight excluding hydrogens is 592 g/mol. The Morgan fingerprint density at radius 1 is 1.13 bits per heavy atom. The number of aryl methyl sites for hydroxylation is 1. The van der Waals surface area contributed by atoms with Gasteiger partial charge in [-0.2, -0.15) is 8.78 Å². The lowest BCUT2D eigenvalue weighted by molar-refractivity contribution is -0.121. The first kappa shape index (κ1) is 28.6. The third kappa shape index (κ3) is 7.36. The fourth-order valence-corrected chi connectivity index (χ4v) is 5.27. The number of benzene rings is 3. The highest BCUT2D eigenvalue weighted by atomic mass is 79.9. The molecule has 0 bridgehead atoms. The number of alkyl halides is 2. The average molecular weight is 619 g/mol. The first-order valence-electron chi connectivity index (χ1n) is 12.2. The maximum absolute atomic E-state index is 13.2. The molecule has 3 aromatic rings. The van der Waals surface area contributed by atoms with E-state index in [1.807, 2.05) is 25.1 Å². The molecule has 1 unspecified atom stereocenters. The Labute approximate surface area is 237 Å². The molecule has 4 rings (SSSR count). The summed E-state index contributed by atoms with van der Waals surface area (Å²) in [6.07, 6.45) is 1.26. The van der Waals surface area contributed by atoms with Crippen LogP contribution in [0.2, 0.25) is 0 Å². The summed E-state index contributed by atoms with van der Waals surface area (Å²) in [6, 6.07) is 17.7. The van der Waals surface area contributed by atoms with Crippen LogP contribution in [-0.4, -0.2) is 42.7 Å². The lowest BCUT2D eigenvalue weighted by atomic mass is 10.0. The Morgan fingerprint density at radius 2 is 1.87 bits per heavy atom. The summed E-state index contributed by atoms with van der Waals surface area (Å²) in [6.45, 7) is -0.504. The van der Waals surface area contributed by atoms with Crippen molar-refractivity contribution in [1.82, 2.24) is 5.32 Å². The highest BCUT2D eigenvalue weighted by Crippen LogP contribution is 2.29. The number of halogens is 3. The quantitative estimate of drug-likeness (QED) is 0.287. The number of para-hydroxylation sites is 2. The molecule has 0 spiro atoms. The number of carbonyl (C=O) groups is 3. The van der Waals surface area contributed by atoms with E-state index < -0.39 is 24.5 Å². The van der Waals surface area contributed by atoms with Gasteiger partial charge in [-0.1, -0.05) is 40.2 Å². The van der Waals surface area contributed by atoms with Crippen LogP contribution in [0.5, 0.6) is 5.75 Å². The molecule has 2 N–H and O–H groups in total. The van der Waals surface area contributed by atoms with E-state index in [1.54, 1.807) is 35.2 Å². The van der Waals surface area contributed by atoms with Crippen LogP contribution in [0.15, 0.2) is 76.1 Å². The van der Waals surface area contributed by atoms with Gasteiger partial charge >= 0.3 is 6.61 Å². The Hall–Kier alpha value is -3.44. The van der Waals surface area contributed by atoms with Gasteiger partial charge in [-0.15, -0.1) is 11.8 Å². The number of nitrogens with zero attached hydrogens (tertiary/aromatic N) is 1. The number of rotatable bonds is 9. The number of anilines is 2. The van der Waals surface area contributed by atoms with Crippen molar-refractivity contribution >= 4 is 56.8 Å². The van der Waals surface area contributed by atoms with Crippen molar-refractivity contribution in [3.63, 3.8) is 0 Å². The minimum Gasteiger partial charge on any atom is -0.433 e. The van der Waals surface area contributed by atoms with Crippen molar-refractivity contribution in [1.29, 1.82) is 0 Å². The second kappa shape index (κ2) is 13.1. The predicted octanol–water partition coefficient (Wildman–Crippen LogP) is 6.02. The molecule has 0 saturated carbocycles. The Morgan fingerprint density at radius 3 is 2.64 bits per heavy atom. The molecule has 1 fully saturated rings. The van der Waals surface area contributed by atoms with Gasteiger partial charge in [0.25, 0.3) is 5.91 Å². The van der Waals surface area contributed by atoms with Crippen LogP contribution < -0.4 is 20.3 Å². The highest BCUT2D eigenvalue weighted by Gasteiger charge is 2.31. The van der Waals surface area contributed by atoms with Crippen LogP contribution >= 0.6 is 27.7 Å². The zero-order valence-electron chi connectivity index (χ0n) is 21.0. The average Bonchev–Trinajstić information content (AvgIpc) is 2.91. The first-order valence-corrected chi connectivity index (χ1v) is 13.9. The standard InChI is InChI=1S/C28H26BrF2N3O4S/c1-17-15-18(12-13-20(17)29)34-14-6-9-22(27(34)37)33-26(36)19-7-2-5-11-24(19)39-16-25(35)32-21-8-3-4-10-23(21)38-28(30)31/h2-5,7-8,10-13,15,22,28H,6,9,14,16H2,1H3,(H,32,35)(H,33,36). The third-order valence-corrected chi connectivity index (χ3v) is 8.03. The molecule has 0 radical (unpaired) electrons. The fraction of sp³-hybridized carbons (Fsp3) is 0.250. The molecule has 0 aromatic heterocycles. The van der Waals surface area contributed by atoms with Gasteiger partial charge in [0.15, 0.2) is 0 Å². The minimum atomic E-state index is -3.02. The summed E-state index contributed by atoms with van der Waals surface area (Å²) in [5, 5.41) is 5.43. The van der Waals surface area contributed by atoms with Crippen LogP contribution in [0.3, 0.4) is 0 Å². The van der Waals surface area contributed by atoms with Crippen molar-refractivity contribution in [3.8, 4) is 5.75 Å². The number of amides is 3. The lowest BCUT2D eigenvalue weighted by Gasteiger charge is -2.33. The maximum atomic E-state index is 13.2. The van der Waals surface area contributed by atoms with Crippen molar-refractivity contribution < 1.29 is 27.9 Å². The van der Waals surface area contributed by atoms with Gasteiger partial charge in [0, 0.05) is 21.6 Å². The number of ether oxygens (including phenoxy) is 1. The molecule has 11 heteroatoms. The van der Waals surface area contributed by atoms with E-state index in [0.717, 1.165) is 33.9 Å².